The molecule has 0 unspecified atom stereocenters. The Hall–Kier alpha value is -3.73. The monoisotopic (exact) mass is 372 g/mol. The Labute approximate surface area is 152 Å². The van der Waals surface area contributed by atoms with Crippen molar-refractivity contribution in [2.45, 2.75) is 0 Å². The van der Waals surface area contributed by atoms with Gasteiger partial charge in [-0.2, -0.15) is 10.2 Å². The molecule has 10 nitrogen and oxygen atoms in total. The lowest BCUT2D eigenvalue weighted by atomic mass is 10.2. The van der Waals surface area contributed by atoms with E-state index in [1.165, 1.54) is 36.7 Å². The summed E-state index contributed by atoms with van der Waals surface area (Å²) < 4.78 is 0. The number of thiocarbonyl (C=S) groups is 1. The van der Waals surface area contributed by atoms with Crippen molar-refractivity contribution in [1.82, 2.24) is 10.9 Å². The molecule has 2 rings (SSSR count). The Balaban J connectivity index is 1.87. The Morgan fingerprint density at radius 2 is 1.31 bits per heavy atom. The van der Waals surface area contributed by atoms with Gasteiger partial charge in [0.05, 0.1) is 22.3 Å². The molecular formula is C15H12N6O4S. The third kappa shape index (κ3) is 5.72. The summed E-state index contributed by atoms with van der Waals surface area (Å²) in [7, 11) is 0. The van der Waals surface area contributed by atoms with Gasteiger partial charge < -0.3 is 0 Å². The molecular weight excluding hydrogens is 360 g/mol. The summed E-state index contributed by atoms with van der Waals surface area (Å²) in [5.74, 6) is 0. The topological polar surface area (TPSA) is 135 Å². The fourth-order valence-electron chi connectivity index (χ4n) is 1.79. The number of rotatable bonds is 6. The van der Waals surface area contributed by atoms with Crippen molar-refractivity contribution in [2.24, 2.45) is 10.2 Å². The van der Waals surface area contributed by atoms with Crippen molar-refractivity contribution in [1.29, 1.82) is 0 Å². The van der Waals surface area contributed by atoms with Crippen LogP contribution in [0.25, 0.3) is 0 Å². The van der Waals surface area contributed by atoms with E-state index in [1.54, 1.807) is 24.3 Å². The van der Waals surface area contributed by atoms with Gasteiger partial charge in [-0.15, -0.1) is 0 Å². The lowest BCUT2D eigenvalue weighted by Gasteiger charge is -2.01. The summed E-state index contributed by atoms with van der Waals surface area (Å²) in [6.07, 6.45) is 2.73. The summed E-state index contributed by atoms with van der Waals surface area (Å²) in [5.41, 5.74) is 5.94. The van der Waals surface area contributed by atoms with Gasteiger partial charge in [0.1, 0.15) is 0 Å². The van der Waals surface area contributed by atoms with E-state index in [0.29, 0.717) is 11.1 Å². The maximum absolute atomic E-state index is 10.7. The van der Waals surface area contributed by atoms with Crippen molar-refractivity contribution >= 4 is 41.1 Å². The number of hydrogen-bond donors (Lipinski definition) is 2. The van der Waals surface area contributed by atoms with E-state index >= 15 is 0 Å². The van der Waals surface area contributed by atoms with E-state index in [2.05, 4.69) is 21.1 Å². The first kappa shape index (κ1) is 18.6. The molecule has 0 fully saturated rings. The molecule has 2 aromatic carbocycles. The number of non-ortho nitro benzene ring substituents is 2. The fraction of sp³-hybridized carbons (Fsp3) is 0. The quantitative estimate of drug-likeness (QED) is 0.344. The summed E-state index contributed by atoms with van der Waals surface area (Å²) in [5, 5.41) is 29.1. The van der Waals surface area contributed by atoms with E-state index in [9.17, 15) is 20.2 Å². The molecule has 0 saturated carbocycles. The zero-order chi connectivity index (χ0) is 18.9. The standard InChI is InChI=1S/C15H12N6O4S/c22-20(23)13-5-1-3-11(7-13)9-16-18-15(26)19-17-10-12-4-2-6-14(8-12)21(24)25/h1-10H,(H2,18,19,26). The van der Waals surface area contributed by atoms with Gasteiger partial charge in [-0.3, -0.25) is 31.1 Å². The van der Waals surface area contributed by atoms with Crippen LogP contribution in [0.2, 0.25) is 0 Å². The number of benzene rings is 2. The van der Waals surface area contributed by atoms with Crippen LogP contribution in [0.15, 0.2) is 58.7 Å². The van der Waals surface area contributed by atoms with Crippen molar-refractivity contribution in [3.05, 3.63) is 79.9 Å². The van der Waals surface area contributed by atoms with E-state index in [1.807, 2.05) is 0 Å². The van der Waals surface area contributed by atoms with E-state index in [4.69, 9.17) is 12.2 Å². The van der Waals surface area contributed by atoms with Crippen molar-refractivity contribution in [3.8, 4) is 0 Å². The lowest BCUT2D eigenvalue weighted by Crippen LogP contribution is -2.28. The number of nitro groups is 2. The van der Waals surface area contributed by atoms with E-state index in [-0.39, 0.29) is 16.5 Å². The molecule has 2 N–H and O–H groups in total. The first-order valence-electron chi connectivity index (χ1n) is 7.07. The van der Waals surface area contributed by atoms with Crippen molar-refractivity contribution < 1.29 is 9.85 Å². The molecule has 2 aromatic rings. The van der Waals surface area contributed by atoms with Crippen LogP contribution >= 0.6 is 12.2 Å². The van der Waals surface area contributed by atoms with E-state index in [0.717, 1.165) is 0 Å². The first-order valence-corrected chi connectivity index (χ1v) is 7.47. The molecule has 0 spiro atoms. The van der Waals surface area contributed by atoms with Gasteiger partial charge in [-0.25, -0.2) is 0 Å². The van der Waals surface area contributed by atoms with Gasteiger partial charge in [0.15, 0.2) is 0 Å². The van der Waals surface area contributed by atoms with Crippen LogP contribution in [0.1, 0.15) is 11.1 Å². The maximum atomic E-state index is 10.7. The minimum atomic E-state index is -0.500. The fourth-order valence-corrected chi connectivity index (χ4v) is 1.90. The third-order valence-electron chi connectivity index (χ3n) is 2.92. The van der Waals surface area contributed by atoms with Crippen LogP contribution in [-0.2, 0) is 0 Å². The summed E-state index contributed by atoms with van der Waals surface area (Å²) >= 11 is 4.95. The lowest BCUT2D eigenvalue weighted by molar-refractivity contribution is -0.385. The number of hydrogen-bond acceptors (Lipinski definition) is 7. The van der Waals surface area contributed by atoms with Crippen LogP contribution in [0.5, 0.6) is 0 Å². The molecule has 0 aliphatic heterocycles. The predicted octanol–water partition coefficient (Wildman–Crippen LogP) is 2.34. The van der Waals surface area contributed by atoms with Gasteiger partial charge in [-0.1, -0.05) is 24.3 Å². The predicted molar refractivity (Wildman–Crippen MR) is 100 cm³/mol. The molecule has 0 bridgehead atoms. The minimum Gasteiger partial charge on any atom is -0.258 e. The summed E-state index contributed by atoms with van der Waals surface area (Å²) in [4.78, 5) is 20.4. The van der Waals surface area contributed by atoms with Crippen molar-refractivity contribution in [2.75, 3.05) is 0 Å². The highest BCUT2D eigenvalue weighted by Gasteiger charge is 2.04. The molecule has 0 aliphatic rings. The largest absolute Gasteiger partial charge is 0.270 e. The summed E-state index contributed by atoms with van der Waals surface area (Å²) in [6.45, 7) is 0. The van der Waals surface area contributed by atoms with Gasteiger partial charge in [-0.05, 0) is 12.2 Å². The first-order chi connectivity index (χ1) is 12.5. The number of nitro benzene ring substituents is 2. The second-order valence-corrected chi connectivity index (χ2v) is 5.18. The Kier molecular flexibility index (Phi) is 6.40. The Morgan fingerprint density at radius 3 is 1.69 bits per heavy atom. The van der Waals surface area contributed by atoms with E-state index < -0.39 is 9.85 Å². The Bertz CT molecular complexity index is 828. The SMILES string of the molecule is O=[N+]([O-])c1cccc(C=NNC(=S)NN=Cc2cccc([N+](=O)[O-])c2)c1. The van der Waals surface area contributed by atoms with Crippen LogP contribution in [-0.4, -0.2) is 27.4 Å². The van der Waals surface area contributed by atoms with Gasteiger partial charge in [0.25, 0.3) is 11.4 Å². The second kappa shape index (κ2) is 8.94. The Morgan fingerprint density at radius 1 is 0.885 bits per heavy atom. The smallest absolute Gasteiger partial charge is 0.258 e. The minimum absolute atomic E-state index is 0.0452. The van der Waals surface area contributed by atoms with Gasteiger partial charge in [0.2, 0.25) is 5.11 Å². The maximum Gasteiger partial charge on any atom is 0.270 e. The molecule has 0 amide bonds. The molecule has 0 saturated heterocycles. The molecule has 11 heteroatoms. The highest BCUT2D eigenvalue weighted by molar-refractivity contribution is 7.80. The average molecular weight is 372 g/mol. The number of nitrogens with one attached hydrogen (secondary N) is 2. The molecule has 132 valence electrons. The molecule has 0 radical (unpaired) electrons. The van der Waals surface area contributed by atoms with Crippen LogP contribution in [0, 0.1) is 20.2 Å². The summed E-state index contributed by atoms with van der Waals surface area (Å²) in [6, 6.07) is 11.9. The highest BCUT2D eigenvalue weighted by Crippen LogP contribution is 2.12. The average Bonchev–Trinajstić information content (AvgIpc) is 2.62. The molecule has 26 heavy (non-hydrogen) atoms. The molecule has 0 atom stereocenters. The van der Waals surface area contributed by atoms with Gasteiger partial charge >= 0.3 is 0 Å². The molecule has 0 aliphatic carbocycles. The second-order valence-electron chi connectivity index (χ2n) is 4.77. The third-order valence-corrected chi connectivity index (χ3v) is 3.10. The zero-order valence-corrected chi connectivity index (χ0v) is 13.9. The van der Waals surface area contributed by atoms with Crippen LogP contribution in [0.3, 0.4) is 0 Å². The van der Waals surface area contributed by atoms with Crippen LogP contribution in [0.4, 0.5) is 11.4 Å². The molecule has 0 aromatic heterocycles. The number of hydrazone groups is 2. The molecule has 0 heterocycles. The normalized spacial score (nSPS) is 10.8. The number of nitrogens with zero attached hydrogens (tertiary/aromatic N) is 4. The highest BCUT2D eigenvalue weighted by atomic mass is 32.1. The van der Waals surface area contributed by atoms with Crippen LogP contribution < -0.4 is 10.9 Å². The van der Waals surface area contributed by atoms with Crippen molar-refractivity contribution in [3.63, 3.8) is 0 Å². The van der Waals surface area contributed by atoms with Gasteiger partial charge in [0, 0.05) is 35.4 Å². The zero-order valence-electron chi connectivity index (χ0n) is 13.1.